The molecule has 49 nitrogen and oxygen atoms in total. The van der Waals surface area contributed by atoms with Gasteiger partial charge in [-0.1, -0.05) is 34.1 Å². The van der Waals surface area contributed by atoms with Crippen LogP contribution in [0.25, 0.3) is 32.3 Å². The molecule has 0 radical (unpaired) electrons. The molecule has 4 aromatic heterocycles. The van der Waals surface area contributed by atoms with Crippen molar-refractivity contribution in [1.82, 2.24) is 49.9 Å². The molecule has 15 N–H and O–H groups in total. The Hall–Kier alpha value is -11.4. The van der Waals surface area contributed by atoms with Crippen LogP contribution in [0, 0.1) is 0 Å². The molecule has 0 unspecified atom stereocenters. The number of nitrogens with zero attached hydrogens (tertiary/aromatic N) is 16. The number of ether oxygens (including phenoxy) is 11. The van der Waals surface area contributed by atoms with Gasteiger partial charge in [-0.25, -0.2) is 15.0 Å². The smallest absolute Gasteiger partial charge is 0.497 e. The van der Waals surface area contributed by atoms with Gasteiger partial charge in [0.15, 0.2) is 23.5 Å². The van der Waals surface area contributed by atoms with Gasteiger partial charge in [0.05, 0.1) is 113 Å². The summed E-state index contributed by atoms with van der Waals surface area (Å²) in [6.45, 7) is 9.25. The number of anilines is 5. The zero-order valence-electron chi connectivity index (χ0n) is 70.1. The van der Waals surface area contributed by atoms with Crippen LogP contribution in [0.15, 0.2) is 113 Å². The van der Waals surface area contributed by atoms with E-state index in [1.165, 1.54) is 67.7 Å². The number of rotatable bonds is 21. The molecule has 7 aliphatic rings. The van der Waals surface area contributed by atoms with E-state index in [2.05, 4.69) is 89.4 Å². The molecule has 0 saturated carbocycles. The number of carbonyl (C=O) groups excluding carboxylic acids is 6. The lowest BCUT2D eigenvalue weighted by atomic mass is 10.1. The van der Waals surface area contributed by atoms with Gasteiger partial charge in [-0.2, -0.15) is 78.1 Å². The third-order valence-electron chi connectivity index (χ3n) is 17.7. The molecule has 6 aromatic rings. The summed E-state index contributed by atoms with van der Waals surface area (Å²) >= 11 is 1.38. The Bertz CT molecular complexity index is 4820. The van der Waals surface area contributed by atoms with Gasteiger partial charge < -0.3 is 107 Å². The average Bonchev–Trinajstić information content (AvgIpc) is 0.829. The number of primary amides is 2. The zero-order chi connectivity index (χ0) is 95.7. The zero-order valence-corrected chi connectivity index (χ0v) is 72.5. The van der Waals surface area contributed by atoms with Crippen LogP contribution >= 0.6 is 11.8 Å². The quantitative estimate of drug-likeness (QED) is 0.00470. The van der Waals surface area contributed by atoms with E-state index < -0.39 is 117 Å². The van der Waals surface area contributed by atoms with Crippen LogP contribution in [-0.4, -0.2) is 301 Å². The maximum atomic E-state index is 12.2. The van der Waals surface area contributed by atoms with Crippen LogP contribution in [0.1, 0.15) is 86.9 Å². The van der Waals surface area contributed by atoms with Gasteiger partial charge in [0, 0.05) is 125 Å². The van der Waals surface area contributed by atoms with Gasteiger partial charge in [-0.05, 0) is 85.5 Å². The Morgan fingerprint density at radius 1 is 0.531 bits per heavy atom. The van der Waals surface area contributed by atoms with E-state index in [1.54, 1.807) is 30.9 Å². The number of nitrogens with two attached hydrogens (primary N) is 5. The van der Waals surface area contributed by atoms with Gasteiger partial charge in [0.1, 0.15) is 53.8 Å². The maximum Gasteiger partial charge on any atom is 0.523 e. The Balaban J connectivity index is 0.000000237. The van der Waals surface area contributed by atoms with Crippen LogP contribution in [0.5, 0.6) is 0 Å². The van der Waals surface area contributed by atoms with Gasteiger partial charge in [-0.15, -0.1) is 0 Å². The highest BCUT2D eigenvalue weighted by molar-refractivity contribution is 7.98. The van der Waals surface area contributed by atoms with Crippen molar-refractivity contribution in [3.63, 3.8) is 0 Å². The second-order valence-electron chi connectivity index (χ2n) is 27.6. The number of aliphatic hydroxyl groups excluding tert-OH is 2. The molecular weight excluding hydrogens is 1810 g/mol. The minimum atomic E-state index is -6.16. The van der Waals surface area contributed by atoms with Crippen LogP contribution in [0.3, 0.4) is 0 Å². The number of hydrogen-bond acceptors (Lipinski definition) is 42. The van der Waals surface area contributed by atoms with Crippen molar-refractivity contribution < 1.29 is 143 Å². The van der Waals surface area contributed by atoms with E-state index in [1.807, 2.05) is 54.8 Å². The molecule has 14 atom stereocenters. The second kappa shape index (κ2) is 53.6. The lowest BCUT2D eigenvalue weighted by molar-refractivity contribution is -0.179. The summed E-state index contributed by atoms with van der Waals surface area (Å²) in [7, 11) is -12.3. The van der Waals surface area contributed by atoms with Crippen molar-refractivity contribution in [2.24, 2.45) is 38.9 Å². The topological polar surface area (TPSA) is 708 Å². The molecule has 7 aliphatic heterocycles. The standard InChI is InChI=1S/C18H21N9O2.C14H13N7OS.C9H14O5.C9H12O5.C7H8F6O7S2.C5H8N6O.C5H12N2O.C5H10O3/c19-14-4-7-29-10-15(14)25-18-21-9-13(16(20)28)17(26-18)24-11-2-1-3-12(8-11)27-22-5-6-23-27;1-23-14-16-8-11(12(15)22)13(20-14)19-9-3-2-4-10(7-9)21-17-5-6-18-21;2*1-6(10)13-8-3-4-12-5-9(8)14-7(2)11;8-6(9,10)21(14,15)19-4-1-2-18-3-5(4)20-22(16,17)7(11,12)13;6-10-8-4-1-2-12-3-5(4)9-11-7;2*6-4-1-2-8-3-5(4)7/h1-3,5-6,8-9,14-15H,4,7,10,19H2,(H2,20,28)(H2,21,24,25,26);2-8H,1H3,(H2,15,22)(H,16,19,20);8-9H,3-5H2,1-2H3;3-4,8-9H,5H2,1-2H3;4-5H,1-3H2;4-5H,1-3H2;4-5H,1-3,6-7H2;4-7H,1-3H2/t14-,15+;;2*8-,9+;4*4-,5+/m0.000110/s1. The van der Waals surface area contributed by atoms with Crippen molar-refractivity contribution in [1.29, 1.82) is 0 Å². The van der Waals surface area contributed by atoms with Crippen LogP contribution in [0.2, 0.25) is 0 Å². The molecule has 2 aromatic carbocycles. The Labute approximate surface area is 741 Å². The summed E-state index contributed by atoms with van der Waals surface area (Å²) in [5.41, 5.74) is 36.1. The van der Waals surface area contributed by atoms with Crippen LogP contribution in [-0.2, 0) is 99.9 Å². The lowest BCUT2D eigenvalue weighted by Gasteiger charge is -2.30. The van der Waals surface area contributed by atoms with Crippen molar-refractivity contribution in [2.75, 3.05) is 108 Å². The number of hydrogen-bond donors (Lipinski definition) is 10. The first-order valence-electron chi connectivity index (χ1n) is 38.9. The van der Waals surface area contributed by atoms with E-state index in [0.717, 1.165) is 36.5 Å². The Morgan fingerprint density at radius 2 is 0.985 bits per heavy atom. The fourth-order valence-corrected chi connectivity index (χ4v) is 12.9. The SMILES string of the molecule is CC(=O)O[C@H]1C=COC[C@H]1OC(C)=O.CC(=O)O[C@H]1CCOC[C@H]1OC(C)=O.CSc1ncc(C(N)=O)c(Nc2cccc(-n3nccn3)c2)n1.NC(=O)c1cnc(N[C@@H]2COCC[C@@H]2N)nc1Nc1cccc(-n2nccn2)c1.N[C@@H]1CCOC[C@@H]1N.O=S(=O)(O[C@H]1CCOC[C@H]1OS(=O)(=O)C(F)(F)F)C(F)(F)F.O[C@@H]1COCC[C@@H]1O.[N-]=[N+]=N[C@H]1COCC[C@H]1N=[N+]=[N-]. The molecule has 58 heteroatoms. The Kier molecular flexibility index (Phi) is 44.3. The highest BCUT2D eigenvalue weighted by Crippen LogP contribution is 2.33. The van der Waals surface area contributed by atoms with Gasteiger partial charge in [0.25, 0.3) is 11.8 Å². The number of esters is 4. The minimum Gasteiger partial charge on any atom is -0.497 e. The molecule has 716 valence electrons. The number of carbonyl (C=O) groups is 6. The van der Waals surface area contributed by atoms with E-state index in [-0.39, 0.29) is 91.7 Å². The van der Waals surface area contributed by atoms with Gasteiger partial charge in [-0.3, -0.25) is 37.1 Å². The molecule has 6 fully saturated rings. The van der Waals surface area contributed by atoms with Crippen LogP contribution in [0.4, 0.5) is 55.3 Å². The molecule has 6 saturated heterocycles. The average molecular weight is 1910 g/mol. The number of thioether (sulfide) groups is 1. The van der Waals surface area contributed by atoms with E-state index >= 15 is 0 Å². The first-order chi connectivity index (χ1) is 61.6. The van der Waals surface area contributed by atoms with Crippen molar-refractivity contribution >= 4 is 96.6 Å². The first kappa shape index (κ1) is 107. The molecule has 0 bridgehead atoms. The fourth-order valence-electron chi connectivity index (χ4n) is 11.3. The number of alkyl halides is 6. The normalized spacial score (nSPS) is 23.4. The van der Waals surface area contributed by atoms with Crippen molar-refractivity contribution in [2.45, 2.75) is 167 Å². The number of aromatic nitrogens is 10. The molecule has 11 heterocycles. The number of nitrogens with one attached hydrogen (secondary N) is 3. The summed E-state index contributed by atoms with van der Waals surface area (Å²) in [5, 5.41) is 51.0. The number of halogens is 6. The lowest BCUT2D eigenvalue weighted by Crippen LogP contribution is -2.48. The number of aliphatic hydroxyl groups is 2. The second-order valence-corrected chi connectivity index (χ2v) is 31.5. The molecule has 2 amide bonds. The van der Waals surface area contributed by atoms with E-state index in [4.69, 9.17) is 97.3 Å². The summed E-state index contributed by atoms with van der Waals surface area (Å²) in [6, 6.07) is 14.2. The first-order valence-corrected chi connectivity index (χ1v) is 42.9. The monoisotopic (exact) mass is 1910 g/mol. The number of benzene rings is 2. The highest BCUT2D eigenvalue weighted by Gasteiger charge is 2.53. The van der Waals surface area contributed by atoms with E-state index in [0.29, 0.717) is 88.1 Å². The summed E-state index contributed by atoms with van der Waals surface area (Å²) in [6.07, 6.45) is 9.30. The highest BCUT2D eigenvalue weighted by atomic mass is 32.2. The molecular formula is C72H98F6N24O25S3. The van der Waals surface area contributed by atoms with Gasteiger partial charge >= 0.3 is 55.1 Å². The molecule has 130 heavy (non-hydrogen) atoms. The summed E-state index contributed by atoms with van der Waals surface area (Å²) in [5.74, 6) is -1.86. The maximum absolute atomic E-state index is 12.2. The summed E-state index contributed by atoms with van der Waals surface area (Å²) < 4.78 is 178. The minimum absolute atomic E-state index is 0.0590. The Morgan fingerprint density at radius 3 is 1.47 bits per heavy atom. The predicted molar refractivity (Wildman–Crippen MR) is 441 cm³/mol. The summed E-state index contributed by atoms with van der Waals surface area (Å²) in [4.78, 5) is 91.5. The predicted octanol–water partition coefficient (Wildman–Crippen LogP) is 3.54. The van der Waals surface area contributed by atoms with Gasteiger partial charge in [0.2, 0.25) is 5.95 Å². The molecule has 0 aliphatic carbocycles. The molecule has 0 spiro atoms. The van der Waals surface area contributed by atoms with Crippen LogP contribution < -0.4 is 44.6 Å². The molecule has 13 rings (SSSR count). The van der Waals surface area contributed by atoms with E-state index in [9.17, 15) is 71.9 Å². The number of amides is 2. The van der Waals surface area contributed by atoms with Crippen molar-refractivity contribution in [3.05, 3.63) is 130 Å². The fraction of sp³-hybridized carbons (Fsp3) is 0.556. The third-order valence-corrected chi connectivity index (χ3v) is 20.4. The largest absolute Gasteiger partial charge is 0.523 e. The third kappa shape index (κ3) is 36.8. The number of azide groups is 2. The van der Waals surface area contributed by atoms with Crippen molar-refractivity contribution in [3.8, 4) is 11.4 Å².